The van der Waals surface area contributed by atoms with Crippen molar-refractivity contribution < 1.29 is 22.9 Å². The minimum atomic E-state index is -4.06. The van der Waals surface area contributed by atoms with Crippen LogP contribution in [0.4, 0.5) is 5.82 Å². The molecule has 21 heavy (non-hydrogen) atoms. The molecule has 11 heteroatoms. The van der Waals surface area contributed by atoms with Crippen LogP contribution < -0.4 is 10.0 Å². The largest absolute Gasteiger partial charge is 0.363 e. The van der Waals surface area contributed by atoms with E-state index in [1.54, 1.807) is 0 Å². The number of hydrogen-bond acceptors (Lipinski definition) is 7. The Bertz CT molecular complexity index is 699. The predicted octanol–water partition coefficient (Wildman–Crippen LogP) is -0.927. The number of pyridine rings is 1. The maximum Gasteiger partial charge on any atom is 0.363 e. The van der Waals surface area contributed by atoms with E-state index in [-0.39, 0.29) is 17.7 Å². The summed E-state index contributed by atoms with van der Waals surface area (Å²) in [5, 5.41) is 12.5. The van der Waals surface area contributed by atoms with Gasteiger partial charge in [-0.2, -0.15) is 4.72 Å². The molecule has 1 fully saturated rings. The molecule has 0 radical (unpaired) electrons. The third kappa shape index (κ3) is 3.38. The van der Waals surface area contributed by atoms with Gasteiger partial charge in [0.15, 0.2) is 6.20 Å². The molecule has 2 N–H and O–H groups in total. The van der Waals surface area contributed by atoms with Crippen molar-refractivity contribution in [2.24, 2.45) is 0 Å². The number of piperidine rings is 1. The lowest BCUT2D eigenvalue weighted by Crippen LogP contribution is -2.52. The second kappa shape index (κ2) is 5.54. The fraction of sp³-hybridized carbons (Fsp3) is 0.300. The fourth-order valence-electron chi connectivity index (χ4n) is 1.70. The van der Waals surface area contributed by atoms with Gasteiger partial charge in [0.05, 0.1) is 0 Å². The number of hydrogen-bond donors (Lipinski definition) is 2. The standard InChI is InChI=1S/C10H10N4O6S/c15-9-4-2-7(10(16)12-9)13-21(19,20)6-1-3-8(11-5-6)14(17)18/h1,3,5,7,13H,2,4H2,(H,12,15,16). The average molecular weight is 314 g/mol. The summed E-state index contributed by atoms with van der Waals surface area (Å²) in [7, 11) is -4.06. The van der Waals surface area contributed by atoms with Gasteiger partial charge in [0, 0.05) is 12.5 Å². The van der Waals surface area contributed by atoms with Gasteiger partial charge in [-0.15, -0.1) is 0 Å². The molecule has 1 aromatic rings. The molecule has 1 aromatic heterocycles. The first-order chi connectivity index (χ1) is 9.79. The number of nitrogens with zero attached hydrogens (tertiary/aromatic N) is 2. The molecular formula is C10H10N4O6S. The van der Waals surface area contributed by atoms with Gasteiger partial charge in [0.2, 0.25) is 21.8 Å². The van der Waals surface area contributed by atoms with Crippen molar-refractivity contribution in [2.45, 2.75) is 23.8 Å². The first kappa shape index (κ1) is 15.0. The first-order valence-electron chi connectivity index (χ1n) is 5.76. The smallest absolute Gasteiger partial charge is 0.358 e. The van der Waals surface area contributed by atoms with E-state index < -0.39 is 38.6 Å². The topological polar surface area (TPSA) is 148 Å². The van der Waals surface area contributed by atoms with Crippen LogP contribution in [0.3, 0.4) is 0 Å². The monoisotopic (exact) mass is 314 g/mol. The van der Waals surface area contributed by atoms with Crippen molar-refractivity contribution in [3.05, 3.63) is 28.4 Å². The summed E-state index contributed by atoms with van der Waals surface area (Å²) in [5.74, 6) is -1.69. The van der Waals surface area contributed by atoms with Crippen LogP contribution in [0.2, 0.25) is 0 Å². The zero-order chi connectivity index (χ0) is 15.6. The van der Waals surface area contributed by atoms with Crippen LogP contribution in [-0.4, -0.2) is 36.2 Å². The zero-order valence-corrected chi connectivity index (χ0v) is 11.3. The third-order valence-electron chi connectivity index (χ3n) is 2.75. The molecule has 10 nitrogen and oxygen atoms in total. The predicted molar refractivity (Wildman–Crippen MR) is 67.4 cm³/mol. The van der Waals surface area contributed by atoms with Gasteiger partial charge in [0.25, 0.3) is 0 Å². The summed E-state index contributed by atoms with van der Waals surface area (Å²) >= 11 is 0. The van der Waals surface area contributed by atoms with Crippen LogP contribution in [0.5, 0.6) is 0 Å². The lowest BCUT2D eigenvalue weighted by atomic mass is 10.1. The highest BCUT2D eigenvalue weighted by atomic mass is 32.2. The lowest BCUT2D eigenvalue weighted by molar-refractivity contribution is -0.389. The first-order valence-corrected chi connectivity index (χ1v) is 7.24. The molecule has 0 spiro atoms. The second-order valence-electron chi connectivity index (χ2n) is 4.23. The van der Waals surface area contributed by atoms with Crippen molar-refractivity contribution in [3.63, 3.8) is 0 Å². The van der Waals surface area contributed by atoms with E-state index in [1.807, 2.05) is 5.32 Å². The molecule has 1 aliphatic heterocycles. The Morgan fingerprint density at radius 1 is 1.38 bits per heavy atom. The van der Waals surface area contributed by atoms with Crippen LogP contribution in [0.25, 0.3) is 0 Å². The highest BCUT2D eigenvalue weighted by molar-refractivity contribution is 7.89. The molecule has 1 saturated heterocycles. The van der Waals surface area contributed by atoms with Gasteiger partial charge < -0.3 is 10.1 Å². The summed E-state index contributed by atoms with van der Waals surface area (Å²) in [6.45, 7) is 0. The van der Waals surface area contributed by atoms with Gasteiger partial charge in [-0.3, -0.25) is 14.9 Å². The SMILES string of the molecule is O=C1CCC(NS(=O)(=O)c2ccc([N+](=O)[O-])nc2)C(=O)N1. The maximum absolute atomic E-state index is 12.0. The van der Waals surface area contributed by atoms with Crippen LogP contribution >= 0.6 is 0 Å². The molecule has 1 aliphatic rings. The molecule has 0 saturated carbocycles. The molecule has 2 heterocycles. The van der Waals surface area contributed by atoms with Crippen molar-refractivity contribution in [2.75, 3.05) is 0 Å². The number of nitro groups is 1. The van der Waals surface area contributed by atoms with Crippen molar-refractivity contribution in [1.29, 1.82) is 0 Å². The fourth-order valence-corrected chi connectivity index (χ4v) is 2.87. The molecule has 0 aromatic carbocycles. The van der Waals surface area contributed by atoms with Crippen LogP contribution in [0.1, 0.15) is 12.8 Å². The van der Waals surface area contributed by atoms with E-state index in [1.165, 1.54) is 0 Å². The Kier molecular flexibility index (Phi) is 3.95. The van der Waals surface area contributed by atoms with Gasteiger partial charge in [0.1, 0.15) is 10.9 Å². The number of amides is 2. The number of aromatic nitrogens is 1. The number of sulfonamides is 1. The quantitative estimate of drug-likeness (QED) is 0.414. The molecular weight excluding hydrogens is 304 g/mol. The second-order valence-corrected chi connectivity index (χ2v) is 5.95. The minimum Gasteiger partial charge on any atom is -0.358 e. The maximum atomic E-state index is 12.0. The van der Waals surface area contributed by atoms with Gasteiger partial charge in [-0.05, 0) is 22.4 Å². The Morgan fingerprint density at radius 3 is 2.62 bits per heavy atom. The molecule has 2 amide bonds. The Labute approximate surface area is 118 Å². The van der Waals surface area contributed by atoms with E-state index in [0.29, 0.717) is 0 Å². The third-order valence-corrected chi connectivity index (χ3v) is 4.21. The van der Waals surface area contributed by atoms with E-state index in [2.05, 4.69) is 9.71 Å². The molecule has 1 atom stereocenters. The van der Waals surface area contributed by atoms with Gasteiger partial charge in [-0.1, -0.05) is 0 Å². The number of carbonyl (C=O) groups excluding carboxylic acids is 2. The highest BCUT2D eigenvalue weighted by Crippen LogP contribution is 2.14. The van der Waals surface area contributed by atoms with Crippen molar-refractivity contribution >= 4 is 27.7 Å². The van der Waals surface area contributed by atoms with Crippen LogP contribution in [-0.2, 0) is 19.6 Å². The minimum absolute atomic E-state index is 0.0252. The van der Waals surface area contributed by atoms with Crippen LogP contribution in [0.15, 0.2) is 23.2 Å². The van der Waals surface area contributed by atoms with Crippen molar-refractivity contribution in [3.8, 4) is 0 Å². The molecule has 0 bridgehead atoms. The van der Waals surface area contributed by atoms with E-state index in [4.69, 9.17) is 0 Å². The summed E-state index contributed by atoms with van der Waals surface area (Å²) in [4.78, 5) is 35.2. The Hall–Kier alpha value is -2.40. The lowest BCUT2D eigenvalue weighted by Gasteiger charge is -2.21. The van der Waals surface area contributed by atoms with Crippen molar-refractivity contribution in [1.82, 2.24) is 15.0 Å². The van der Waals surface area contributed by atoms with Gasteiger partial charge in [-0.25, -0.2) is 8.42 Å². The Morgan fingerprint density at radius 2 is 2.10 bits per heavy atom. The van der Waals surface area contributed by atoms with Crippen LogP contribution in [0, 0.1) is 10.1 Å². The number of imide groups is 1. The highest BCUT2D eigenvalue weighted by Gasteiger charge is 2.31. The summed E-state index contributed by atoms with van der Waals surface area (Å²) in [6.07, 6.45) is 0.897. The summed E-state index contributed by atoms with van der Waals surface area (Å²) < 4.78 is 26.2. The average Bonchev–Trinajstić information content (AvgIpc) is 2.42. The molecule has 112 valence electrons. The summed E-state index contributed by atoms with van der Waals surface area (Å²) in [6, 6.07) is 0.890. The number of rotatable bonds is 4. The number of nitrogens with one attached hydrogen (secondary N) is 2. The summed E-state index contributed by atoms with van der Waals surface area (Å²) in [5.41, 5.74) is 0. The Balaban J connectivity index is 2.16. The van der Waals surface area contributed by atoms with Gasteiger partial charge >= 0.3 is 5.82 Å². The molecule has 2 rings (SSSR count). The number of carbonyl (C=O) groups is 2. The van der Waals surface area contributed by atoms with E-state index in [0.717, 1.165) is 18.3 Å². The molecule has 0 aliphatic carbocycles. The zero-order valence-electron chi connectivity index (χ0n) is 10.5. The van der Waals surface area contributed by atoms with E-state index in [9.17, 15) is 28.1 Å². The normalized spacial score (nSPS) is 19.1. The van der Waals surface area contributed by atoms with E-state index >= 15 is 0 Å². The molecule has 1 unspecified atom stereocenters.